The Morgan fingerprint density at radius 1 is 1.06 bits per heavy atom. The number of benzene rings is 3. The number of halogens is 1. The van der Waals surface area contributed by atoms with E-state index in [1.54, 1.807) is 0 Å². The Kier molecular flexibility index (Phi) is 5.79. The number of ether oxygens (including phenoxy) is 2. The van der Waals surface area contributed by atoms with Crippen LogP contribution in [0.25, 0.3) is 0 Å². The van der Waals surface area contributed by atoms with Crippen LogP contribution in [0.5, 0.6) is 11.5 Å². The summed E-state index contributed by atoms with van der Waals surface area (Å²) in [4.78, 5) is 0. The normalized spacial score (nSPS) is 19.1. The van der Waals surface area contributed by atoms with Gasteiger partial charge in [-0.05, 0) is 61.4 Å². The van der Waals surface area contributed by atoms with Gasteiger partial charge in [-0.25, -0.2) is 5.01 Å². The number of fused-ring (bicyclic) bond motifs is 3. The summed E-state index contributed by atoms with van der Waals surface area (Å²) in [6.45, 7) is 5.00. The zero-order chi connectivity index (χ0) is 22.1. The average molecular weight is 447 g/mol. The first-order chi connectivity index (χ1) is 15.6. The minimum absolute atomic E-state index is 0.0826. The van der Waals surface area contributed by atoms with Crippen molar-refractivity contribution >= 4 is 17.3 Å². The number of nitrogens with zero attached hydrogens (tertiary/aromatic N) is 2. The molecular formula is C27H27ClN2O2. The first-order valence-corrected chi connectivity index (χ1v) is 11.6. The van der Waals surface area contributed by atoms with E-state index in [1.807, 2.05) is 30.3 Å². The molecule has 32 heavy (non-hydrogen) atoms. The summed E-state index contributed by atoms with van der Waals surface area (Å²) in [6, 6.07) is 22.7. The van der Waals surface area contributed by atoms with Gasteiger partial charge in [-0.15, -0.1) is 0 Å². The standard InChI is InChI=1S/C27H27ClN2O2/c1-3-4-15-31-22-12-9-20(10-13-22)27-30-25(23-16-21(28)11-14-26(23)32-27)17-24(29-30)19-7-5-18(2)6-8-19/h5-14,16,25,27H,3-4,15,17H2,1-2H3. The summed E-state index contributed by atoms with van der Waals surface area (Å²) in [5.41, 5.74) is 5.58. The van der Waals surface area contributed by atoms with E-state index < -0.39 is 0 Å². The molecular weight excluding hydrogens is 420 g/mol. The Balaban J connectivity index is 1.48. The Hall–Kier alpha value is -2.98. The van der Waals surface area contributed by atoms with Crippen molar-refractivity contribution in [2.24, 2.45) is 5.10 Å². The molecule has 0 saturated carbocycles. The van der Waals surface area contributed by atoms with Crippen molar-refractivity contribution in [3.05, 3.63) is 94.0 Å². The number of rotatable bonds is 6. The molecule has 4 nitrogen and oxygen atoms in total. The van der Waals surface area contributed by atoms with E-state index in [1.165, 1.54) is 5.56 Å². The largest absolute Gasteiger partial charge is 0.494 e. The molecule has 0 radical (unpaired) electrons. The second-order valence-electron chi connectivity index (χ2n) is 8.44. The van der Waals surface area contributed by atoms with Gasteiger partial charge >= 0.3 is 0 Å². The van der Waals surface area contributed by atoms with Crippen molar-refractivity contribution in [1.29, 1.82) is 0 Å². The molecule has 5 heteroatoms. The Bertz CT molecular complexity index is 1130. The van der Waals surface area contributed by atoms with Crippen molar-refractivity contribution < 1.29 is 9.47 Å². The van der Waals surface area contributed by atoms with E-state index >= 15 is 0 Å². The van der Waals surface area contributed by atoms with Gasteiger partial charge in [0, 0.05) is 22.6 Å². The molecule has 2 unspecified atom stereocenters. The van der Waals surface area contributed by atoms with Crippen molar-refractivity contribution in [3.63, 3.8) is 0 Å². The Morgan fingerprint density at radius 2 is 1.84 bits per heavy atom. The maximum Gasteiger partial charge on any atom is 0.213 e. The molecule has 164 valence electrons. The molecule has 2 aliphatic heterocycles. The molecule has 0 bridgehead atoms. The Morgan fingerprint density at radius 3 is 2.59 bits per heavy atom. The molecule has 3 aromatic carbocycles. The molecule has 3 aromatic rings. The predicted octanol–water partition coefficient (Wildman–Crippen LogP) is 7.07. The second kappa shape index (κ2) is 8.87. The lowest BCUT2D eigenvalue weighted by atomic mass is 9.95. The van der Waals surface area contributed by atoms with E-state index in [-0.39, 0.29) is 12.3 Å². The summed E-state index contributed by atoms with van der Waals surface area (Å²) in [5.74, 6) is 1.75. The van der Waals surface area contributed by atoms with E-state index in [0.29, 0.717) is 5.02 Å². The van der Waals surface area contributed by atoms with Crippen LogP contribution in [0.3, 0.4) is 0 Å². The summed E-state index contributed by atoms with van der Waals surface area (Å²) in [6.07, 6.45) is 2.68. The fourth-order valence-corrected chi connectivity index (χ4v) is 4.44. The minimum atomic E-state index is -0.304. The van der Waals surface area contributed by atoms with Crippen LogP contribution >= 0.6 is 11.6 Å². The van der Waals surface area contributed by atoms with Gasteiger partial charge in [-0.2, -0.15) is 5.10 Å². The third-order valence-corrected chi connectivity index (χ3v) is 6.30. The van der Waals surface area contributed by atoms with E-state index in [9.17, 15) is 0 Å². The molecule has 0 fully saturated rings. The van der Waals surface area contributed by atoms with Gasteiger partial charge in [-0.3, -0.25) is 0 Å². The van der Waals surface area contributed by atoms with Gasteiger partial charge in [0.1, 0.15) is 11.5 Å². The van der Waals surface area contributed by atoms with E-state index in [0.717, 1.165) is 59.8 Å². The third kappa shape index (κ3) is 4.07. The molecule has 2 atom stereocenters. The number of aryl methyl sites for hydroxylation is 1. The van der Waals surface area contributed by atoms with Crippen molar-refractivity contribution in [2.75, 3.05) is 6.61 Å². The summed E-state index contributed by atoms with van der Waals surface area (Å²) >= 11 is 6.34. The van der Waals surface area contributed by atoms with Crippen LogP contribution in [0.1, 0.15) is 60.7 Å². The van der Waals surface area contributed by atoms with Crippen molar-refractivity contribution in [3.8, 4) is 11.5 Å². The number of hydrogen-bond donors (Lipinski definition) is 0. The quantitative estimate of drug-likeness (QED) is 0.380. The van der Waals surface area contributed by atoms with Gasteiger partial charge in [-0.1, -0.05) is 54.8 Å². The highest BCUT2D eigenvalue weighted by Crippen LogP contribution is 2.48. The van der Waals surface area contributed by atoms with Gasteiger partial charge in [0.15, 0.2) is 0 Å². The second-order valence-corrected chi connectivity index (χ2v) is 8.87. The molecule has 2 aliphatic rings. The smallest absolute Gasteiger partial charge is 0.213 e. The lowest BCUT2D eigenvalue weighted by Gasteiger charge is -2.38. The number of hydrazone groups is 1. The monoisotopic (exact) mass is 446 g/mol. The van der Waals surface area contributed by atoms with Gasteiger partial charge in [0.25, 0.3) is 0 Å². The third-order valence-electron chi connectivity index (χ3n) is 6.07. The maximum atomic E-state index is 6.45. The topological polar surface area (TPSA) is 34.1 Å². The lowest BCUT2D eigenvalue weighted by Crippen LogP contribution is -2.33. The zero-order valence-corrected chi connectivity index (χ0v) is 19.2. The SMILES string of the molecule is CCCCOc1ccc(C2Oc3ccc(Cl)cc3C3CC(c4ccc(C)cc4)=NN32)cc1. The van der Waals surface area contributed by atoms with Crippen molar-refractivity contribution in [2.45, 2.75) is 45.4 Å². The number of unbranched alkanes of at least 4 members (excludes halogenated alkanes) is 1. The first kappa shape index (κ1) is 20.9. The van der Waals surface area contributed by atoms with Crippen LogP contribution in [0.15, 0.2) is 71.8 Å². The van der Waals surface area contributed by atoms with E-state index in [4.69, 9.17) is 26.2 Å². The van der Waals surface area contributed by atoms with Crippen LogP contribution in [-0.4, -0.2) is 17.3 Å². The van der Waals surface area contributed by atoms with Crippen LogP contribution < -0.4 is 9.47 Å². The fraction of sp³-hybridized carbons (Fsp3) is 0.296. The average Bonchev–Trinajstić information content (AvgIpc) is 3.26. The minimum Gasteiger partial charge on any atom is -0.494 e. The molecule has 0 aliphatic carbocycles. The molecule has 2 heterocycles. The zero-order valence-electron chi connectivity index (χ0n) is 18.4. The maximum absolute atomic E-state index is 6.45. The highest BCUT2D eigenvalue weighted by molar-refractivity contribution is 6.30. The van der Waals surface area contributed by atoms with Crippen molar-refractivity contribution in [1.82, 2.24) is 5.01 Å². The predicted molar refractivity (Wildman–Crippen MR) is 129 cm³/mol. The van der Waals surface area contributed by atoms with Gasteiger partial charge < -0.3 is 9.47 Å². The molecule has 0 aromatic heterocycles. The van der Waals surface area contributed by atoms with Crippen LogP contribution in [0, 0.1) is 6.92 Å². The van der Waals surface area contributed by atoms with Gasteiger partial charge in [0.05, 0.1) is 18.4 Å². The van der Waals surface area contributed by atoms with E-state index in [2.05, 4.69) is 55.3 Å². The first-order valence-electron chi connectivity index (χ1n) is 11.2. The van der Waals surface area contributed by atoms with Crippen LogP contribution in [0.4, 0.5) is 0 Å². The van der Waals surface area contributed by atoms with Crippen LogP contribution in [-0.2, 0) is 0 Å². The Labute approximate surface area is 194 Å². The van der Waals surface area contributed by atoms with Gasteiger partial charge in [0.2, 0.25) is 6.23 Å². The summed E-state index contributed by atoms with van der Waals surface area (Å²) in [7, 11) is 0. The molecule has 5 rings (SSSR count). The highest BCUT2D eigenvalue weighted by atomic mass is 35.5. The molecule has 0 saturated heterocycles. The summed E-state index contributed by atoms with van der Waals surface area (Å²) < 4.78 is 12.3. The number of hydrogen-bond acceptors (Lipinski definition) is 4. The summed E-state index contributed by atoms with van der Waals surface area (Å²) in [5, 5.41) is 7.83. The fourth-order valence-electron chi connectivity index (χ4n) is 4.26. The highest BCUT2D eigenvalue weighted by Gasteiger charge is 2.41. The lowest BCUT2D eigenvalue weighted by molar-refractivity contribution is -0.0190. The molecule has 0 spiro atoms. The molecule has 0 amide bonds. The molecule has 0 N–H and O–H groups in total. The van der Waals surface area contributed by atoms with Crippen LogP contribution in [0.2, 0.25) is 5.02 Å².